The fourth-order valence-corrected chi connectivity index (χ4v) is 7.17. The Bertz CT molecular complexity index is 1690. The van der Waals surface area contributed by atoms with E-state index in [4.69, 9.17) is 14.3 Å². The lowest BCUT2D eigenvalue weighted by atomic mass is 9.96. The summed E-state index contributed by atoms with van der Waals surface area (Å²) >= 11 is 0. The average Bonchev–Trinajstić information content (AvgIpc) is 3.69. The summed E-state index contributed by atoms with van der Waals surface area (Å²) in [5, 5.41) is 6.57. The Labute approximate surface area is 258 Å². The molecule has 3 aromatic rings. The molecule has 0 radical (unpaired) electrons. The maximum Gasteiger partial charge on any atom is 0.407 e. The van der Waals surface area contributed by atoms with E-state index in [1.807, 2.05) is 23.1 Å². The number of amides is 2. The Morgan fingerprint density at radius 2 is 1.86 bits per heavy atom. The minimum atomic E-state index is -4.07. The van der Waals surface area contributed by atoms with E-state index in [0.717, 1.165) is 56.3 Å². The number of hydrogen-bond acceptors (Lipinski definition) is 8. The fourth-order valence-electron chi connectivity index (χ4n) is 5.89. The third-order valence-corrected chi connectivity index (χ3v) is 9.85. The molecule has 1 saturated carbocycles. The predicted molar refractivity (Wildman–Crippen MR) is 167 cm³/mol. The van der Waals surface area contributed by atoms with Crippen molar-refractivity contribution in [2.45, 2.75) is 89.2 Å². The highest BCUT2D eigenvalue weighted by Gasteiger charge is 2.49. The molecule has 234 valence electrons. The number of benzene rings is 2. The molecule has 2 aromatic carbocycles. The summed E-state index contributed by atoms with van der Waals surface area (Å²) in [4.78, 5) is 32.6. The molecule has 1 spiro atoms. The van der Waals surface area contributed by atoms with Crippen LogP contribution in [0.5, 0.6) is 0 Å². The van der Waals surface area contributed by atoms with Gasteiger partial charge in [0.25, 0.3) is 15.9 Å². The molecule has 5 rings (SSSR count). The van der Waals surface area contributed by atoms with Crippen LogP contribution in [0.4, 0.5) is 10.6 Å². The van der Waals surface area contributed by atoms with Crippen molar-refractivity contribution >= 4 is 33.7 Å². The number of ether oxygens (including phenoxy) is 1. The highest BCUT2D eigenvalue weighted by Crippen LogP contribution is 2.40. The molecule has 1 aliphatic carbocycles. The van der Waals surface area contributed by atoms with Crippen LogP contribution in [0.3, 0.4) is 0 Å². The first-order valence-corrected chi connectivity index (χ1v) is 16.5. The van der Waals surface area contributed by atoms with Crippen molar-refractivity contribution in [3.05, 3.63) is 64.9 Å². The minimum absolute atomic E-state index is 0.0407. The summed E-state index contributed by atoms with van der Waals surface area (Å²) in [7, 11) is -2.79. The summed E-state index contributed by atoms with van der Waals surface area (Å²) in [5.41, 5.74) is 2.52. The quantitative estimate of drug-likeness (QED) is 0.273. The molecule has 44 heavy (non-hydrogen) atoms. The van der Waals surface area contributed by atoms with Crippen molar-refractivity contribution in [1.82, 2.24) is 15.4 Å². The van der Waals surface area contributed by atoms with Crippen LogP contribution in [0, 0.1) is 13.8 Å². The second kappa shape index (κ2) is 12.8. The highest BCUT2D eigenvalue weighted by atomic mass is 32.2. The molecule has 11 nitrogen and oxygen atoms in total. The number of carbonyl (C=O) groups is 2. The average molecular weight is 622 g/mol. The lowest BCUT2D eigenvalue weighted by Gasteiger charge is -2.23. The lowest BCUT2D eigenvalue weighted by molar-refractivity contribution is -0.131. The zero-order valence-electron chi connectivity index (χ0n) is 25.6. The Kier molecular flexibility index (Phi) is 9.10. The van der Waals surface area contributed by atoms with Gasteiger partial charge in [0.05, 0.1) is 18.6 Å². The number of unbranched alkanes of at least 4 members (excludes halogenated alkanes) is 1. The number of aryl methyl sites for hydroxylation is 1. The Balaban J connectivity index is 1.51. The van der Waals surface area contributed by atoms with Gasteiger partial charge in [-0.15, -0.1) is 0 Å². The van der Waals surface area contributed by atoms with Gasteiger partial charge in [0.15, 0.2) is 5.82 Å². The number of sulfonamides is 1. The molecule has 2 heterocycles. The molecule has 1 aliphatic heterocycles. The Hall–Kier alpha value is -4.19. The molecule has 2 amide bonds. The molecule has 12 heteroatoms. The molecule has 1 fully saturated rings. The van der Waals surface area contributed by atoms with E-state index in [-0.39, 0.29) is 23.2 Å². The first-order valence-electron chi connectivity index (χ1n) is 15.0. The maximum absolute atomic E-state index is 13.7. The number of aromatic nitrogens is 1. The van der Waals surface area contributed by atoms with Gasteiger partial charge in [0, 0.05) is 24.1 Å². The van der Waals surface area contributed by atoms with Crippen LogP contribution in [0.1, 0.15) is 74.3 Å². The van der Waals surface area contributed by atoms with Gasteiger partial charge in [-0.25, -0.2) is 13.2 Å². The fraction of sp³-hybridized carbons (Fsp3) is 0.438. The number of anilines is 1. The van der Waals surface area contributed by atoms with Crippen LogP contribution in [0.2, 0.25) is 0 Å². The number of carbonyl (C=O) groups excluding carboxylic acids is 2. The number of nitrogens with zero attached hydrogens (tertiary/aromatic N) is 3. The largest absolute Gasteiger partial charge is 0.453 e. The lowest BCUT2D eigenvalue weighted by Crippen LogP contribution is -2.40. The van der Waals surface area contributed by atoms with E-state index in [9.17, 15) is 18.0 Å². The Morgan fingerprint density at radius 3 is 2.55 bits per heavy atom. The first kappa shape index (κ1) is 31.2. The van der Waals surface area contributed by atoms with Crippen molar-refractivity contribution in [1.29, 1.82) is 0 Å². The van der Waals surface area contributed by atoms with Crippen molar-refractivity contribution < 1.29 is 27.3 Å². The summed E-state index contributed by atoms with van der Waals surface area (Å²) in [6.45, 7) is 5.96. The number of amidine groups is 1. The van der Waals surface area contributed by atoms with Crippen molar-refractivity contribution in [2.24, 2.45) is 4.99 Å². The Morgan fingerprint density at radius 1 is 1.11 bits per heavy atom. The molecule has 2 N–H and O–H groups in total. The molecule has 0 unspecified atom stereocenters. The first-order chi connectivity index (χ1) is 21.1. The zero-order chi connectivity index (χ0) is 31.5. The van der Waals surface area contributed by atoms with Crippen LogP contribution in [-0.4, -0.2) is 49.0 Å². The molecule has 0 bridgehead atoms. The minimum Gasteiger partial charge on any atom is -0.453 e. The molecule has 2 aliphatic rings. The van der Waals surface area contributed by atoms with Crippen LogP contribution in [0.25, 0.3) is 11.1 Å². The van der Waals surface area contributed by atoms with Crippen molar-refractivity contribution in [3.63, 3.8) is 0 Å². The standard InChI is InChI=1S/C32H39N5O6S/c1-5-6-13-28-34-32(16-9-10-17-32)30(38)37(28)20-23-14-15-25(24(18-23)19-33-31(39)42-4)26-11-7-8-12-27(26)44(40,41)36-29-21(2)22(3)43-35-29/h7-8,11-12,14-15,18H,5-6,9-10,13,16-17,19-20H2,1-4H3,(H,33,39)(H,35,36). The number of methoxy groups -OCH3 is 1. The van der Waals surface area contributed by atoms with Gasteiger partial charge in [-0.1, -0.05) is 67.7 Å². The van der Waals surface area contributed by atoms with Crippen LogP contribution >= 0.6 is 0 Å². The normalized spacial score (nSPS) is 16.0. The number of nitrogens with one attached hydrogen (secondary N) is 2. The van der Waals surface area contributed by atoms with E-state index in [2.05, 4.69) is 22.1 Å². The van der Waals surface area contributed by atoms with Gasteiger partial charge in [-0.2, -0.15) is 0 Å². The summed E-state index contributed by atoms with van der Waals surface area (Å²) in [5.74, 6) is 1.52. The second-order valence-corrected chi connectivity index (χ2v) is 13.1. The van der Waals surface area contributed by atoms with Crippen molar-refractivity contribution in [3.8, 4) is 11.1 Å². The van der Waals surface area contributed by atoms with Crippen LogP contribution in [0.15, 0.2) is 56.9 Å². The topological polar surface area (TPSA) is 143 Å². The maximum atomic E-state index is 13.7. The third-order valence-electron chi connectivity index (χ3n) is 8.46. The monoisotopic (exact) mass is 621 g/mol. The van der Waals surface area contributed by atoms with Crippen molar-refractivity contribution in [2.75, 3.05) is 11.8 Å². The van der Waals surface area contributed by atoms with Crippen LogP contribution < -0.4 is 10.0 Å². The van der Waals surface area contributed by atoms with E-state index in [0.29, 0.717) is 34.6 Å². The summed E-state index contributed by atoms with van der Waals surface area (Å²) < 4.78 is 39.7. The van der Waals surface area contributed by atoms with E-state index in [1.54, 1.807) is 32.0 Å². The molecular weight excluding hydrogens is 582 g/mol. The van der Waals surface area contributed by atoms with E-state index >= 15 is 0 Å². The molecule has 0 saturated heterocycles. The molecule has 0 atom stereocenters. The highest BCUT2D eigenvalue weighted by molar-refractivity contribution is 7.92. The van der Waals surface area contributed by atoms with Gasteiger partial charge in [0.1, 0.15) is 17.1 Å². The smallest absolute Gasteiger partial charge is 0.407 e. The summed E-state index contributed by atoms with van der Waals surface area (Å²) in [6.07, 6.45) is 5.60. The van der Waals surface area contributed by atoms with Gasteiger partial charge < -0.3 is 14.6 Å². The molecular formula is C32H39N5O6S. The summed E-state index contributed by atoms with van der Waals surface area (Å²) in [6, 6.07) is 12.3. The number of hydrogen-bond donors (Lipinski definition) is 2. The van der Waals surface area contributed by atoms with Gasteiger partial charge >= 0.3 is 6.09 Å². The third kappa shape index (κ3) is 6.21. The van der Waals surface area contributed by atoms with Gasteiger partial charge in [0.2, 0.25) is 0 Å². The van der Waals surface area contributed by atoms with E-state index in [1.165, 1.54) is 13.2 Å². The van der Waals surface area contributed by atoms with Crippen LogP contribution in [-0.2, 0) is 32.6 Å². The SMILES string of the molecule is CCCCC1=NC2(CCCC2)C(=O)N1Cc1ccc(-c2ccccc2S(=O)(=O)Nc2noc(C)c2C)c(CNC(=O)OC)c1. The van der Waals surface area contributed by atoms with E-state index < -0.39 is 21.7 Å². The number of rotatable bonds is 11. The van der Waals surface area contributed by atoms with Gasteiger partial charge in [-0.3, -0.25) is 19.4 Å². The second-order valence-electron chi connectivity index (χ2n) is 11.4. The van der Waals surface area contributed by atoms with Gasteiger partial charge in [-0.05, 0) is 55.9 Å². The zero-order valence-corrected chi connectivity index (χ0v) is 26.4. The molecule has 1 aromatic heterocycles. The predicted octanol–water partition coefficient (Wildman–Crippen LogP) is 5.86. The number of alkyl carbamates (subject to hydrolysis) is 1. The number of aliphatic imine (C=N–C) groups is 1.